The molecule has 0 aromatic carbocycles. The molecule has 0 bridgehead atoms. The van der Waals surface area contributed by atoms with Gasteiger partial charge in [-0.25, -0.2) is 10.4 Å². The molecule has 3 N–H and O–H groups in total. The van der Waals surface area contributed by atoms with E-state index < -0.39 is 0 Å². The summed E-state index contributed by atoms with van der Waals surface area (Å²) in [5.41, 5.74) is 2.92. The standard InChI is InChI=1S/C12H22N4O/c1-3-10-9(5-8-17-10)11(15-13)12-14-6-7-16(12)4-2/h6-7,9-11,15H,3-5,8,13H2,1-2H3. The molecule has 0 radical (unpaired) electrons. The zero-order valence-electron chi connectivity index (χ0n) is 10.6. The molecule has 5 heteroatoms. The molecular formula is C12H22N4O. The zero-order valence-corrected chi connectivity index (χ0v) is 10.6. The normalized spacial score (nSPS) is 26.3. The first-order chi connectivity index (χ1) is 8.31. The molecule has 1 aliphatic rings. The number of hydrogen-bond donors (Lipinski definition) is 2. The highest BCUT2D eigenvalue weighted by atomic mass is 16.5. The molecule has 3 atom stereocenters. The predicted molar refractivity (Wildman–Crippen MR) is 66.1 cm³/mol. The largest absolute Gasteiger partial charge is 0.378 e. The monoisotopic (exact) mass is 238 g/mol. The van der Waals surface area contributed by atoms with Gasteiger partial charge in [0, 0.05) is 31.5 Å². The summed E-state index contributed by atoms with van der Waals surface area (Å²) in [4.78, 5) is 4.44. The maximum atomic E-state index is 5.74. The molecular weight excluding hydrogens is 216 g/mol. The van der Waals surface area contributed by atoms with Gasteiger partial charge in [0.2, 0.25) is 0 Å². The molecule has 1 aliphatic heterocycles. The average Bonchev–Trinajstić information content (AvgIpc) is 2.98. The molecule has 0 aliphatic carbocycles. The molecule has 0 amide bonds. The Morgan fingerprint density at radius 2 is 2.47 bits per heavy atom. The van der Waals surface area contributed by atoms with Gasteiger partial charge >= 0.3 is 0 Å². The van der Waals surface area contributed by atoms with Crippen LogP contribution in [0.25, 0.3) is 0 Å². The number of aryl methyl sites for hydroxylation is 1. The van der Waals surface area contributed by atoms with Crippen molar-refractivity contribution >= 4 is 0 Å². The maximum Gasteiger partial charge on any atom is 0.127 e. The highest BCUT2D eigenvalue weighted by Crippen LogP contribution is 2.33. The summed E-state index contributed by atoms with van der Waals surface area (Å²) in [5.74, 6) is 7.16. The third-order valence-corrected chi connectivity index (χ3v) is 3.64. The molecule has 5 nitrogen and oxygen atoms in total. The van der Waals surface area contributed by atoms with Gasteiger partial charge in [-0.3, -0.25) is 5.84 Å². The minimum absolute atomic E-state index is 0.0809. The van der Waals surface area contributed by atoms with Crippen LogP contribution in [-0.4, -0.2) is 22.3 Å². The van der Waals surface area contributed by atoms with Gasteiger partial charge in [-0.05, 0) is 19.8 Å². The highest BCUT2D eigenvalue weighted by molar-refractivity contribution is 5.03. The predicted octanol–water partition coefficient (Wildman–Crippen LogP) is 1.22. The zero-order chi connectivity index (χ0) is 12.3. The molecule has 1 fully saturated rings. The summed E-state index contributed by atoms with van der Waals surface area (Å²) in [6.07, 6.45) is 6.19. The van der Waals surface area contributed by atoms with Crippen LogP contribution in [0, 0.1) is 5.92 Å². The molecule has 1 saturated heterocycles. The first-order valence-corrected chi connectivity index (χ1v) is 6.40. The number of nitrogens with two attached hydrogens (primary N) is 1. The number of hydrogen-bond acceptors (Lipinski definition) is 4. The number of ether oxygens (including phenoxy) is 1. The van der Waals surface area contributed by atoms with Gasteiger partial charge in [-0.2, -0.15) is 0 Å². The number of rotatable bonds is 5. The molecule has 0 saturated carbocycles. The second-order valence-corrected chi connectivity index (χ2v) is 4.49. The second kappa shape index (κ2) is 5.62. The van der Waals surface area contributed by atoms with Crippen LogP contribution in [0.15, 0.2) is 12.4 Å². The van der Waals surface area contributed by atoms with E-state index in [1.54, 1.807) is 0 Å². The van der Waals surface area contributed by atoms with Gasteiger partial charge < -0.3 is 9.30 Å². The Labute approximate surface area is 102 Å². The second-order valence-electron chi connectivity index (χ2n) is 4.49. The lowest BCUT2D eigenvalue weighted by Gasteiger charge is -2.26. The first kappa shape index (κ1) is 12.5. The Balaban J connectivity index is 2.21. The number of nitrogens with zero attached hydrogens (tertiary/aromatic N) is 2. The van der Waals surface area contributed by atoms with Crippen LogP contribution in [0.5, 0.6) is 0 Å². The summed E-state index contributed by atoms with van der Waals surface area (Å²) >= 11 is 0. The quantitative estimate of drug-likeness (QED) is 0.598. The Morgan fingerprint density at radius 1 is 1.65 bits per heavy atom. The SMILES string of the molecule is CCC1OCCC1C(NN)c1nccn1CC. The van der Waals surface area contributed by atoms with Gasteiger partial charge in [0.05, 0.1) is 12.1 Å². The lowest BCUT2D eigenvalue weighted by Crippen LogP contribution is -2.38. The molecule has 1 aromatic heterocycles. The number of aromatic nitrogens is 2. The van der Waals surface area contributed by atoms with Crippen molar-refractivity contribution in [1.82, 2.24) is 15.0 Å². The fraction of sp³-hybridized carbons (Fsp3) is 0.750. The summed E-state index contributed by atoms with van der Waals surface area (Å²) in [7, 11) is 0. The van der Waals surface area contributed by atoms with Crippen LogP contribution >= 0.6 is 0 Å². The minimum atomic E-state index is 0.0809. The van der Waals surface area contributed by atoms with Crippen molar-refractivity contribution in [3.05, 3.63) is 18.2 Å². The minimum Gasteiger partial charge on any atom is -0.378 e. The molecule has 2 heterocycles. The van der Waals surface area contributed by atoms with Gasteiger partial charge in [0.25, 0.3) is 0 Å². The Hall–Kier alpha value is -0.910. The van der Waals surface area contributed by atoms with Crippen LogP contribution in [0.1, 0.15) is 38.6 Å². The van der Waals surface area contributed by atoms with E-state index in [9.17, 15) is 0 Å². The lowest BCUT2D eigenvalue weighted by molar-refractivity contribution is 0.0760. The van der Waals surface area contributed by atoms with Crippen molar-refractivity contribution in [1.29, 1.82) is 0 Å². The van der Waals surface area contributed by atoms with E-state index >= 15 is 0 Å². The van der Waals surface area contributed by atoms with Crippen LogP contribution in [0.2, 0.25) is 0 Å². The fourth-order valence-electron chi connectivity index (χ4n) is 2.72. The fourth-order valence-corrected chi connectivity index (χ4v) is 2.72. The van der Waals surface area contributed by atoms with E-state index in [1.807, 2.05) is 12.4 Å². The van der Waals surface area contributed by atoms with Crippen LogP contribution < -0.4 is 11.3 Å². The summed E-state index contributed by atoms with van der Waals surface area (Å²) in [6.45, 7) is 6.01. The molecule has 3 unspecified atom stereocenters. The van der Waals surface area contributed by atoms with Crippen LogP contribution in [0.3, 0.4) is 0 Å². The van der Waals surface area contributed by atoms with Crippen molar-refractivity contribution in [3.8, 4) is 0 Å². The lowest BCUT2D eigenvalue weighted by atomic mass is 9.91. The topological polar surface area (TPSA) is 65.1 Å². The average molecular weight is 238 g/mol. The van der Waals surface area contributed by atoms with Gasteiger partial charge in [-0.15, -0.1) is 0 Å². The third kappa shape index (κ3) is 2.36. The molecule has 2 rings (SSSR count). The highest BCUT2D eigenvalue weighted by Gasteiger charge is 2.35. The van der Waals surface area contributed by atoms with Crippen molar-refractivity contribution in [3.63, 3.8) is 0 Å². The van der Waals surface area contributed by atoms with Crippen molar-refractivity contribution in [2.75, 3.05) is 6.61 Å². The van der Waals surface area contributed by atoms with E-state index in [4.69, 9.17) is 10.6 Å². The smallest absolute Gasteiger partial charge is 0.127 e. The van der Waals surface area contributed by atoms with Crippen molar-refractivity contribution in [2.24, 2.45) is 11.8 Å². The van der Waals surface area contributed by atoms with Gasteiger partial charge in [-0.1, -0.05) is 6.92 Å². The molecule has 1 aromatic rings. The van der Waals surface area contributed by atoms with E-state index in [-0.39, 0.29) is 12.1 Å². The van der Waals surface area contributed by atoms with Gasteiger partial charge in [0.1, 0.15) is 5.82 Å². The summed E-state index contributed by atoms with van der Waals surface area (Å²) in [5, 5.41) is 0. The molecule has 0 spiro atoms. The van der Waals surface area contributed by atoms with E-state index in [0.29, 0.717) is 5.92 Å². The summed E-state index contributed by atoms with van der Waals surface area (Å²) in [6, 6.07) is 0.0809. The van der Waals surface area contributed by atoms with Crippen LogP contribution in [0.4, 0.5) is 0 Å². The van der Waals surface area contributed by atoms with E-state index in [2.05, 4.69) is 28.8 Å². The number of hydrazine groups is 1. The Morgan fingerprint density at radius 3 is 3.12 bits per heavy atom. The maximum absolute atomic E-state index is 5.74. The Bertz CT molecular complexity index is 352. The molecule has 17 heavy (non-hydrogen) atoms. The third-order valence-electron chi connectivity index (χ3n) is 3.64. The summed E-state index contributed by atoms with van der Waals surface area (Å²) < 4.78 is 7.87. The van der Waals surface area contributed by atoms with E-state index in [0.717, 1.165) is 31.8 Å². The Kier molecular flexibility index (Phi) is 4.15. The molecule has 96 valence electrons. The first-order valence-electron chi connectivity index (χ1n) is 6.40. The number of imidazole rings is 1. The van der Waals surface area contributed by atoms with Crippen molar-refractivity contribution < 1.29 is 4.74 Å². The number of nitrogens with one attached hydrogen (secondary N) is 1. The van der Waals surface area contributed by atoms with Gasteiger partial charge in [0.15, 0.2) is 0 Å². The van der Waals surface area contributed by atoms with E-state index in [1.165, 1.54) is 0 Å². The van der Waals surface area contributed by atoms with Crippen LogP contribution in [-0.2, 0) is 11.3 Å². The van der Waals surface area contributed by atoms with Crippen molar-refractivity contribution in [2.45, 2.75) is 45.4 Å².